The van der Waals surface area contributed by atoms with Crippen LogP contribution in [-0.4, -0.2) is 67.2 Å². The lowest BCUT2D eigenvalue weighted by molar-refractivity contribution is -0.136. The van der Waals surface area contributed by atoms with Crippen LogP contribution in [0.2, 0.25) is 0 Å². The molecule has 2 aromatic rings. The molecule has 0 spiro atoms. The van der Waals surface area contributed by atoms with E-state index in [1.807, 2.05) is 23.1 Å². The first kappa shape index (κ1) is 18.5. The molecule has 2 fully saturated rings. The van der Waals surface area contributed by atoms with Gasteiger partial charge in [0.1, 0.15) is 5.75 Å². The Morgan fingerprint density at radius 1 is 1.00 bits per heavy atom. The van der Waals surface area contributed by atoms with Crippen molar-refractivity contribution in [3.63, 3.8) is 0 Å². The fourth-order valence-electron chi connectivity index (χ4n) is 4.05. The lowest BCUT2D eigenvalue weighted by Gasteiger charge is -2.39. The van der Waals surface area contributed by atoms with Crippen LogP contribution < -0.4 is 14.5 Å². The molecule has 0 aliphatic carbocycles. The molecule has 0 bridgehead atoms. The van der Waals surface area contributed by atoms with E-state index in [2.05, 4.69) is 31.9 Å². The number of piperazine rings is 1. The molecule has 0 saturated carbocycles. The number of ether oxygens (including phenoxy) is 1. The summed E-state index contributed by atoms with van der Waals surface area (Å²) in [5, 5.41) is 0. The SMILES string of the molecule is COc1ccc(N2CCN(C(=O)[C@@H]3CCCN(c4ncccn4)C3)CC2)cc1. The van der Waals surface area contributed by atoms with Gasteiger partial charge in [-0.3, -0.25) is 4.79 Å². The number of piperidine rings is 1. The molecule has 7 heteroatoms. The molecule has 2 aliphatic rings. The van der Waals surface area contributed by atoms with Crippen LogP contribution in [0.5, 0.6) is 5.75 Å². The molecule has 7 nitrogen and oxygen atoms in total. The molecule has 3 heterocycles. The van der Waals surface area contributed by atoms with E-state index in [9.17, 15) is 4.79 Å². The minimum Gasteiger partial charge on any atom is -0.497 e. The lowest BCUT2D eigenvalue weighted by atomic mass is 9.96. The van der Waals surface area contributed by atoms with Gasteiger partial charge in [0.2, 0.25) is 11.9 Å². The predicted molar refractivity (Wildman–Crippen MR) is 109 cm³/mol. The minimum atomic E-state index is 0.0325. The van der Waals surface area contributed by atoms with Crippen molar-refractivity contribution in [3.8, 4) is 5.75 Å². The monoisotopic (exact) mass is 381 g/mol. The molecule has 2 saturated heterocycles. The maximum Gasteiger partial charge on any atom is 0.227 e. The number of aromatic nitrogens is 2. The number of hydrogen-bond acceptors (Lipinski definition) is 6. The fraction of sp³-hybridized carbons (Fsp3) is 0.476. The Hall–Kier alpha value is -2.83. The predicted octanol–water partition coefficient (Wildman–Crippen LogP) is 2.05. The van der Waals surface area contributed by atoms with Crippen molar-refractivity contribution in [2.45, 2.75) is 12.8 Å². The summed E-state index contributed by atoms with van der Waals surface area (Å²) >= 11 is 0. The van der Waals surface area contributed by atoms with Gasteiger partial charge in [0.05, 0.1) is 13.0 Å². The van der Waals surface area contributed by atoms with Gasteiger partial charge in [-0.25, -0.2) is 9.97 Å². The van der Waals surface area contributed by atoms with E-state index in [-0.39, 0.29) is 11.8 Å². The second kappa shape index (κ2) is 8.46. The number of rotatable bonds is 4. The number of carbonyl (C=O) groups excluding carboxylic acids is 1. The van der Waals surface area contributed by atoms with E-state index in [4.69, 9.17) is 4.74 Å². The molecule has 1 amide bonds. The summed E-state index contributed by atoms with van der Waals surface area (Å²) in [6.45, 7) is 4.87. The normalized spacial score (nSPS) is 20.2. The first-order chi connectivity index (χ1) is 13.7. The van der Waals surface area contributed by atoms with E-state index in [0.717, 1.165) is 57.3 Å². The van der Waals surface area contributed by atoms with E-state index in [1.165, 1.54) is 5.69 Å². The highest BCUT2D eigenvalue weighted by atomic mass is 16.5. The van der Waals surface area contributed by atoms with Crippen molar-refractivity contribution in [3.05, 3.63) is 42.7 Å². The summed E-state index contributed by atoms with van der Waals surface area (Å²) in [6.07, 6.45) is 5.46. The molecule has 0 radical (unpaired) electrons. The number of amides is 1. The van der Waals surface area contributed by atoms with Crippen molar-refractivity contribution >= 4 is 17.5 Å². The molecule has 148 valence electrons. The van der Waals surface area contributed by atoms with Gasteiger partial charge < -0.3 is 19.4 Å². The van der Waals surface area contributed by atoms with Gasteiger partial charge in [0, 0.05) is 57.3 Å². The Balaban J connectivity index is 1.33. The molecule has 0 N–H and O–H groups in total. The van der Waals surface area contributed by atoms with Crippen molar-refractivity contribution < 1.29 is 9.53 Å². The van der Waals surface area contributed by atoms with Crippen molar-refractivity contribution in [2.75, 3.05) is 56.2 Å². The number of nitrogens with zero attached hydrogens (tertiary/aromatic N) is 5. The van der Waals surface area contributed by atoms with Crippen LogP contribution in [0.3, 0.4) is 0 Å². The van der Waals surface area contributed by atoms with Gasteiger partial charge in [-0.15, -0.1) is 0 Å². The first-order valence-electron chi connectivity index (χ1n) is 9.94. The van der Waals surface area contributed by atoms with E-state index in [1.54, 1.807) is 19.5 Å². The first-order valence-corrected chi connectivity index (χ1v) is 9.94. The van der Waals surface area contributed by atoms with Crippen molar-refractivity contribution in [1.82, 2.24) is 14.9 Å². The quantitative estimate of drug-likeness (QED) is 0.808. The van der Waals surface area contributed by atoms with E-state index >= 15 is 0 Å². The number of anilines is 2. The molecule has 2 aliphatic heterocycles. The van der Waals surface area contributed by atoms with E-state index < -0.39 is 0 Å². The average molecular weight is 381 g/mol. The molecule has 4 rings (SSSR count). The third-order valence-corrected chi connectivity index (χ3v) is 5.63. The Morgan fingerprint density at radius 3 is 2.39 bits per heavy atom. The molecular formula is C21H27N5O2. The smallest absolute Gasteiger partial charge is 0.227 e. The zero-order valence-electron chi connectivity index (χ0n) is 16.3. The van der Waals surface area contributed by atoms with Gasteiger partial charge in [-0.2, -0.15) is 0 Å². The van der Waals surface area contributed by atoms with Crippen LogP contribution in [0.25, 0.3) is 0 Å². The zero-order chi connectivity index (χ0) is 19.3. The van der Waals surface area contributed by atoms with Gasteiger partial charge in [-0.05, 0) is 43.2 Å². The number of benzene rings is 1. The third-order valence-electron chi connectivity index (χ3n) is 5.63. The highest BCUT2D eigenvalue weighted by molar-refractivity contribution is 5.80. The Labute approximate surface area is 165 Å². The van der Waals surface area contributed by atoms with Crippen LogP contribution in [0.15, 0.2) is 42.7 Å². The standard InChI is InChI=1S/C21H27N5O2/c1-28-19-7-5-18(6-8-19)24-12-14-25(15-13-24)20(27)17-4-2-11-26(16-17)21-22-9-3-10-23-21/h3,5-10,17H,2,4,11-16H2,1H3/t17-/m1/s1. The molecule has 28 heavy (non-hydrogen) atoms. The molecule has 1 atom stereocenters. The summed E-state index contributed by atoms with van der Waals surface area (Å²) in [4.78, 5) is 28.3. The summed E-state index contributed by atoms with van der Waals surface area (Å²) in [6, 6.07) is 9.94. The summed E-state index contributed by atoms with van der Waals surface area (Å²) in [5.74, 6) is 1.89. The second-order valence-corrected chi connectivity index (χ2v) is 7.34. The van der Waals surface area contributed by atoms with Crippen molar-refractivity contribution in [2.24, 2.45) is 5.92 Å². The summed E-state index contributed by atoms with van der Waals surface area (Å²) < 4.78 is 5.23. The van der Waals surface area contributed by atoms with Crippen LogP contribution in [0, 0.1) is 5.92 Å². The maximum atomic E-state index is 13.1. The highest BCUT2D eigenvalue weighted by Gasteiger charge is 2.31. The molecule has 1 aromatic carbocycles. The fourth-order valence-corrected chi connectivity index (χ4v) is 4.05. The van der Waals surface area contributed by atoms with Crippen LogP contribution in [-0.2, 0) is 4.79 Å². The van der Waals surface area contributed by atoms with Gasteiger partial charge in [0.15, 0.2) is 0 Å². The summed E-state index contributed by atoms with van der Waals surface area (Å²) in [5.41, 5.74) is 1.18. The zero-order valence-corrected chi connectivity index (χ0v) is 16.3. The number of carbonyl (C=O) groups is 1. The number of methoxy groups -OCH3 is 1. The highest BCUT2D eigenvalue weighted by Crippen LogP contribution is 2.24. The van der Waals surface area contributed by atoms with Gasteiger partial charge >= 0.3 is 0 Å². The second-order valence-electron chi connectivity index (χ2n) is 7.34. The minimum absolute atomic E-state index is 0.0325. The average Bonchev–Trinajstić information content (AvgIpc) is 2.79. The van der Waals surface area contributed by atoms with Crippen LogP contribution in [0.1, 0.15) is 12.8 Å². The molecule has 1 aromatic heterocycles. The Morgan fingerprint density at radius 2 is 1.71 bits per heavy atom. The van der Waals surface area contributed by atoms with Gasteiger partial charge in [0.25, 0.3) is 0 Å². The molecule has 0 unspecified atom stereocenters. The van der Waals surface area contributed by atoms with Gasteiger partial charge in [-0.1, -0.05) is 0 Å². The summed E-state index contributed by atoms with van der Waals surface area (Å²) in [7, 11) is 1.68. The van der Waals surface area contributed by atoms with Crippen LogP contribution in [0.4, 0.5) is 11.6 Å². The van der Waals surface area contributed by atoms with Crippen LogP contribution >= 0.6 is 0 Å². The largest absolute Gasteiger partial charge is 0.497 e. The Bertz CT molecular complexity index is 775. The maximum absolute atomic E-state index is 13.1. The lowest BCUT2D eigenvalue weighted by Crippen LogP contribution is -2.52. The number of hydrogen-bond donors (Lipinski definition) is 0. The third kappa shape index (κ3) is 4.03. The molecular weight excluding hydrogens is 354 g/mol. The van der Waals surface area contributed by atoms with Crippen molar-refractivity contribution in [1.29, 1.82) is 0 Å². The topological polar surface area (TPSA) is 61.8 Å². The van der Waals surface area contributed by atoms with E-state index in [0.29, 0.717) is 6.54 Å². The Kier molecular flexibility index (Phi) is 5.60.